The molecular formula is C22H21FN2O2S. The van der Waals surface area contributed by atoms with E-state index in [0.717, 1.165) is 17.2 Å². The molecule has 1 atom stereocenters. The summed E-state index contributed by atoms with van der Waals surface area (Å²) in [5.74, 6) is -0.946. The number of amides is 1. The molecule has 4 nitrogen and oxygen atoms in total. The minimum absolute atomic E-state index is 0.119. The Morgan fingerprint density at radius 1 is 1.00 bits per heavy atom. The number of hydrogen-bond acceptors (Lipinski definition) is 2. The van der Waals surface area contributed by atoms with Crippen molar-refractivity contribution in [3.05, 3.63) is 95.3 Å². The maximum Gasteiger partial charge on any atom is 0.253 e. The summed E-state index contributed by atoms with van der Waals surface area (Å²) in [6, 6.07) is 20.8. The Morgan fingerprint density at radius 2 is 1.71 bits per heavy atom. The minimum atomic E-state index is -1.56. The van der Waals surface area contributed by atoms with Gasteiger partial charge in [0.1, 0.15) is 16.8 Å². The van der Waals surface area contributed by atoms with Crippen molar-refractivity contribution >= 4 is 22.6 Å². The Labute approximate surface area is 166 Å². The van der Waals surface area contributed by atoms with Crippen LogP contribution in [0.1, 0.15) is 21.5 Å². The zero-order chi connectivity index (χ0) is 19.9. The first-order valence-corrected chi connectivity index (χ1v) is 10.0. The summed E-state index contributed by atoms with van der Waals surface area (Å²) >= 11 is 0. The highest BCUT2D eigenvalue weighted by molar-refractivity contribution is 7.86. The van der Waals surface area contributed by atoms with E-state index < -0.39 is 22.7 Å². The predicted octanol–water partition coefficient (Wildman–Crippen LogP) is 4.24. The smallest absolute Gasteiger partial charge is 0.253 e. The van der Waals surface area contributed by atoms with Gasteiger partial charge in [-0.3, -0.25) is 4.79 Å². The average molecular weight is 396 g/mol. The summed E-state index contributed by atoms with van der Waals surface area (Å²) in [5.41, 5.74) is 2.59. The summed E-state index contributed by atoms with van der Waals surface area (Å²) in [6.07, 6.45) is 0.667. The molecule has 0 spiro atoms. The highest BCUT2D eigenvalue weighted by Crippen LogP contribution is 2.20. The Balaban J connectivity index is 1.70. The van der Waals surface area contributed by atoms with Crippen LogP contribution in [0.25, 0.3) is 0 Å². The second kappa shape index (κ2) is 9.28. The van der Waals surface area contributed by atoms with E-state index in [1.165, 1.54) is 12.1 Å². The van der Waals surface area contributed by atoms with Crippen molar-refractivity contribution in [2.45, 2.75) is 18.2 Å². The van der Waals surface area contributed by atoms with Crippen LogP contribution in [0.15, 0.2) is 77.7 Å². The Bertz CT molecular complexity index is 976. The third-order valence-electron chi connectivity index (χ3n) is 4.21. The number of halogens is 1. The molecule has 0 radical (unpaired) electrons. The molecule has 0 fully saturated rings. The van der Waals surface area contributed by atoms with Crippen LogP contribution in [-0.2, 0) is 17.4 Å². The van der Waals surface area contributed by atoms with Crippen molar-refractivity contribution in [2.75, 3.05) is 11.3 Å². The van der Waals surface area contributed by atoms with Gasteiger partial charge in [-0.05, 0) is 49.2 Å². The lowest BCUT2D eigenvalue weighted by Crippen LogP contribution is -2.27. The van der Waals surface area contributed by atoms with Crippen molar-refractivity contribution in [3.8, 4) is 0 Å². The third kappa shape index (κ3) is 5.27. The normalized spacial score (nSPS) is 11.6. The van der Waals surface area contributed by atoms with Crippen LogP contribution in [0, 0.1) is 12.7 Å². The van der Waals surface area contributed by atoms with E-state index in [2.05, 4.69) is 10.0 Å². The molecule has 0 aliphatic carbocycles. The number of anilines is 1. The lowest BCUT2D eigenvalue weighted by molar-refractivity contribution is 0.0954. The molecular weight excluding hydrogens is 375 g/mol. The standard InChI is InChI=1S/C22H21FN2O2S/c1-16-7-10-19(11-8-16)28(27)25-21-12-9-18(23)15-20(21)22(26)24-14-13-17-5-3-2-4-6-17/h2-12,15,25H,13-14H2,1H3,(H,24,26). The molecule has 28 heavy (non-hydrogen) atoms. The molecule has 3 aromatic rings. The fourth-order valence-corrected chi connectivity index (χ4v) is 3.55. The van der Waals surface area contributed by atoms with Gasteiger partial charge in [0, 0.05) is 6.54 Å². The fraction of sp³-hybridized carbons (Fsp3) is 0.136. The predicted molar refractivity (Wildman–Crippen MR) is 110 cm³/mol. The first kappa shape index (κ1) is 19.8. The van der Waals surface area contributed by atoms with Crippen molar-refractivity contribution in [3.63, 3.8) is 0 Å². The van der Waals surface area contributed by atoms with E-state index in [-0.39, 0.29) is 5.56 Å². The minimum Gasteiger partial charge on any atom is -0.352 e. The highest BCUT2D eigenvalue weighted by atomic mass is 32.2. The van der Waals surface area contributed by atoms with Crippen molar-refractivity contribution in [1.29, 1.82) is 0 Å². The van der Waals surface area contributed by atoms with E-state index in [1.807, 2.05) is 49.4 Å². The lowest BCUT2D eigenvalue weighted by atomic mass is 10.1. The summed E-state index contributed by atoms with van der Waals surface area (Å²) in [5, 5.41) is 2.79. The number of aryl methyl sites for hydroxylation is 1. The van der Waals surface area contributed by atoms with Crippen LogP contribution in [0.3, 0.4) is 0 Å². The van der Waals surface area contributed by atoms with Gasteiger partial charge in [0.15, 0.2) is 0 Å². The van der Waals surface area contributed by atoms with Gasteiger partial charge in [0.2, 0.25) is 0 Å². The second-order valence-corrected chi connectivity index (χ2v) is 7.58. The monoisotopic (exact) mass is 396 g/mol. The molecule has 0 aromatic heterocycles. The summed E-state index contributed by atoms with van der Waals surface area (Å²) in [7, 11) is -1.56. The quantitative estimate of drug-likeness (QED) is 0.628. The molecule has 1 amide bonds. The Hall–Kier alpha value is -2.99. The molecule has 1 unspecified atom stereocenters. The van der Waals surface area contributed by atoms with Crippen LogP contribution in [0.5, 0.6) is 0 Å². The Kier molecular flexibility index (Phi) is 6.55. The molecule has 0 bridgehead atoms. The zero-order valence-electron chi connectivity index (χ0n) is 15.4. The van der Waals surface area contributed by atoms with Crippen LogP contribution in [-0.4, -0.2) is 16.7 Å². The molecule has 0 heterocycles. The second-order valence-electron chi connectivity index (χ2n) is 6.37. The van der Waals surface area contributed by atoms with Gasteiger partial charge in [0.25, 0.3) is 5.91 Å². The van der Waals surface area contributed by atoms with Gasteiger partial charge >= 0.3 is 0 Å². The van der Waals surface area contributed by atoms with Gasteiger partial charge in [-0.15, -0.1) is 0 Å². The molecule has 0 saturated heterocycles. The molecule has 3 aromatic carbocycles. The largest absolute Gasteiger partial charge is 0.352 e. The third-order valence-corrected chi connectivity index (χ3v) is 5.31. The summed E-state index contributed by atoms with van der Waals surface area (Å²) in [6.45, 7) is 2.36. The number of hydrogen-bond donors (Lipinski definition) is 2. The van der Waals surface area contributed by atoms with E-state index >= 15 is 0 Å². The van der Waals surface area contributed by atoms with Crippen molar-refractivity contribution in [1.82, 2.24) is 5.32 Å². The van der Waals surface area contributed by atoms with E-state index in [1.54, 1.807) is 12.1 Å². The molecule has 144 valence electrons. The number of rotatable bonds is 7. The zero-order valence-corrected chi connectivity index (χ0v) is 16.3. The van der Waals surface area contributed by atoms with E-state index in [0.29, 0.717) is 23.5 Å². The summed E-state index contributed by atoms with van der Waals surface area (Å²) < 4.78 is 29.1. The van der Waals surface area contributed by atoms with Crippen molar-refractivity contribution < 1.29 is 13.4 Å². The van der Waals surface area contributed by atoms with Gasteiger partial charge in [-0.25, -0.2) is 8.60 Å². The average Bonchev–Trinajstić information content (AvgIpc) is 2.70. The SMILES string of the molecule is Cc1ccc(S(=O)Nc2ccc(F)cc2C(=O)NCCc2ccccc2)cc1. The van der Waals surface area contributed by atoms with Gasteiger partial charge < -0.3 is 10.0 Å². The molecule has 2 N–H and O–H groups in total. The number of benzene rings is 3. The molecule has 0 aliphatic rings. The number of nitrogens with one attached hydrogen (secondary N) is 2. The van der Waals surface area contributed by atoms with Crippen LogP contribution < -0.4 is 10.0 Å². The maximum absolute atomic E-state index is 13.7. The first-order chi connectivity index (χ1) is 13.5. The van der Waals surface area contributed by atoms with E-state index in [9.17, 15) is 13.4 Å². The molecule has 0 aliphatic heterocycles. The van der Waals surface area contributed by atoms with Gasteiger partial charge in [-0.2, -0.15) is 0 Å². The molecule has 6 heteroatoms. The maximum atomic E-state index is 13.7. The number of carbonyl (C=O) groups excluding carboxylic acids is 1. The first-order valence-electron chi connectivity index (χ1n) is 8.90. The summed E-state index contributed by atoms with van der Waals surface area (Å²) in [4.78, 5) is 13.1. The van der Waals surface area contributed by atoms with Crippen LogP contribution >= 0.6 is 0 Å². The molecule has 3 rings (SSSR count). The Morgan fingerprint density at radius 3 is 2.43 bits per heavy atom. The van der Waals surface area contributed by atoms with Crippen molar-refractivity contribution in [2.24, 2.45) is 0 Å². The fourth-order valence-electron chi connectivity index (χ4n) is 2.67. The lowest BCUT2D eigenvalue weighted by Gasteiger charge is -2.12. The molecule has 0 saturated carbocycles. The van der Waals surface area contributed by atoms with Crippen LogP contribution in [0.4, 0.5) is 10.1 Å². The van der Waals surface area contributed by atoms with E-state index in [4.69, 9.17) is 0 Å². The number of carbonyl (C=O) groups is 1. The van der Waals surface area contributed by atoms with Gasteiger partial charge in [0.05, 0.1) is 16.1 Å². The van der Waals surface area contributed by atoms with Gasteiger partial charge in [-0.1, -0.05) is 48.0 Å². The topological polar surface area (TPSA) is 58.2 Å². The highest BCUT2D eigenvalue weighted by Gasteiger charge is 2.15. The van der Waals surface area contributed by atoms with Crippen LogP contribution in [0.2, 0.25) is 0 Å².